The molecule has 0 aliphatic heterocycles. The molecule has 1 unspecified atom stereocenters. The van der Waals surface area contributed by atoms with Crippen molar-refractivity contribution in [3.63, 3.8) is 0 Å². The van der Waals surface area contributed by atoms with Gasteiger partial charge in [0, 0.05) is 31.6 Å². The van der Waals surface area contributed by atoms with Crippen LogP contribution in [0.1, 0.15) is 59.7 Å². The Morgan fingerprint density at radius 2 is 2.23 bits per heavy atom. The summed E-state index contributed by atoms with van der Waals surface area (Å²) < 4.78 is 7.32. The highest BCUT2D eigenvalue weighted by molar-refractivity contribution is 5.93. The zero-order valence-electron chi connectivity index (χ0n) is 13.5. The van der Waals surface area contributed by atoms with Gasteiger partial charge in [0.2, 0.25) is 0 Å². The summed E-state index contributed by atoms with van der Waals surface area (Å²) in [4.78, 5) is 16.5. The van der Waals surface area contributed by atoms with Gasteiger partial charge in [-0.15, -0.1) is 0 Å². The van der Waals surface area contributed by atoms with Gasteiger partial charge in [0.1, 0.15) is 5.76 Å². The molecule has 1 atom stereocenters. The number of fused-ring (bicyclic) bond motifs is 1. The maximum Gasteiger partial charge on any atom is 0.273 e. The average Bonchev–Trinajstić information content (AvgIpc) is 3.01. The molecule has 3 rings (SSSR count). The zero-order chi connectivity index (χ0) is 15.9. The quantitative estimate of drug-likeness (QED) is 0.944. The van der Waals surface area contributed by atoms with Crippen LogP contribution in [0.4, 0.5) is 0 Å². The molecule has 1 aliphatic rings. The highest BCUT2D eigenvalue weighted by atomic mass is 16.4. The summed E-state index contributed by atoms with van der Waals surface area (Å²) >= 11 is 0. The molecule has 6 nitrogen and oxygen atoms in total. The molecule has 0 radical (unpaired) electrons. The molecule has 0 saturated heterocycles. The van der Waals surface area contributed by atoms with Crippen molar-refractivity contribution in [2.24, 2.45) is 0 Å². The average molecular weight is 302 g/mol. The van der Waals surface area contributed by atoms with Crippen LogP contribution in [-0.2, 0) is 12.8 Å². The number of carbonyl (C=O) groups excluding carboxylic acids is 1. The second-order valence-electron chi connectivity index (χ2n) is 6.23. The molecule has 1 N–H and O–H groups in total. The van der Waals surface area contributed by atoms with E-state index < -0.39 is 0 Å². The first kappa shape index (κ1) is 14.8. The van der Waals surface area contributed by atoms with E-state index in [1.165, 1.54) is 5.56 Å². The Balaban J connectivity index is 1.70. The molecule has 0 aromatic carbocycles. The maximum absolute atomic E-state index is 12.3. The molecule has 2 aromatic rings. The number of nitrogens with zero attached hydrogens (tertiary/aromatic N) is 3. The van der Waals surface area contributed by atoms with Crippen LogP contribution in [0.5, 0.6) is 0 Å². The molecule has 0 saturated carbocycles. The molecule has 2 heterocycles. The maximum atomic E-state index is 12.3. The lowest BCUT2D eigenvalue weighted by Crippen LogP contribution is -2.39. The lowest BCUT2D eigenvalue weighted by molar-refractivity contribution is 0.0927. The minimum Gasteiger partial charge on any atom is -0.445 e. The van der Waals surface area contributed by atoms with E-state index in [-0.39, 0.29) is 11.9 Å². The van der Waals surface area contributed by atoms with Crippen molar-refractivity contribution < 1.29 is 9.21 Å². The molecule has 0 spiro atoms. The second kappa shape index (κ2) is 5.59. The molecule has 118 valence electrons. The number of rotatable bonds is 3. The minimum atomic E-state index is -0.161. The molecule has 1 amide bonds. The Kier molecular flexibility index (Phi) is 3.76. The summed E-state index contributed by atoms with van der Waals surface area (Å²) in [5.74, 6) is 0.922. The molecule has 2 aromatic heterocycles. The minimum absolute atomic E-state index is 0.104. The summed E-state index contributed by atoms with van der Waals surface area (Å²) in [6.45, 7) is 7.74. The van der Waals surface area contributed by atoms with Crippen LogP contribution in [0.15, 0.2) is 10.6 Å². The molecule has 0 bridgehead atoms. The normalized spacial score (nSPS) is 17.6. The van der Waals surface area contributed by atoms with Crippen molar-refractivity contribution in [3.05, 3.63) is 34.8 Å². The van der Waals surface area contributed by atoms with E-state index >= 15 is 0 Å². The number of amides is 1. The number of aromatic nitrogens is 3. The van der Waals surface area contributed by atoms with Gasteiger partial charge >= 0.3 is 0 Å². The van der Waals surface area contributed by atoms with Gasteiger partial charge < -0.3 is 9.73 Å². The van der Waals surface area contributed by atoms with Gasteiger partial charge in [0.05, 0.1) is 5.69 Å². The van der Waals surface area contributed by atoms with E-state index in [1.54, 1.807) is 13.8 Å². The summed E-state index contributed by atoms with van der Waals surface area (Å²) in [6, 6.07) is 0.464. The topological polar surface area (TPSA) is 73.0 Å². The van der Waals surface area contributed by atoms with E-state index in [9.17, 15) is 4.79 Å². The first-order valence-corrected chi connectivity index (χ1v) is 7.76. The summed E-state index contributed by atoms with van der Waals surface area (Å²) in [5.41, 5.74) is 2.78. The molecule has 6 heteroatoms. The van der Waals surface area contributed by atoms with E-state index in [2.05, 4.69) is 35.4 Å². The number of nitrogens with one attached hydrogen (secondary N) is 1. The van der Waals surface area contributed by atoms with Crippen molar-refractivity contribution in [1.29, 1.82) is 0 Å². The van der Waals surface area contributed by atoms with Gasteiger partial charge in [-0.3, -0.25) is 9.48 Å². The lowest BCUT2D eigenvalue weighted by atomic mass is 9.93. The third-order valence-corrected chi connectivity index (χ3v) is 4.08. The van der Waals surface area contributed by atoms with Crippen LogP contribution in [0.25, 0.3) is 0 Å². The number of hydrogen-bond acceptors (Lipinski definition) is 4. The Morgan fingerprint density at radius 3 is 2.86 bits per heavy atom. The van der Waals surface area contributed by atoms with Crippen LogP contribution in [-0.4, -0.2) is 26.7 Å². The fourth-order valence-electron chi connectivity index (χ4n) is 2.89. The fraction of sp³-hybridized carbons (Fsp3) is 0.562. The standard InChI is InChI=1S/C16H22N4O2/c1-9(2)20-8-12-5-6-13(7-14(12)19-20)18-16(21)15-10(3)22-11(4)17-15/h8-9,13H,5-7H2,1-4H3,(H,18,21). The second-order valence-corrected chi connectivity index (χ2v) is 6.23. The smallest absolute Gasteiger partial charge is 0.273 e. The number of hydrogen-bond donors (Lipinski definition) is 1. The van der Waals surface area contributed by atoms with E-state index in [1.807, 2.05) is 4.68 Å². The van der Waals surface area contributed by atoms with Crippen molar-refractivity contribution in [2.75, 3.05) is 0 Å². The van der Waals surface area contributed by atoms with Gasteiger partial charge in [-0.2, -0.15) is 5.10 Å². The monoisotopic (exact) mass is 302 g/mol. The van der Waals surface area contributed by atoms with Crippen LogP contribution in [0, 0.1) is 13.8 Å². The largest absolute Gasteiger partial charge is 0.445 e. The van der Waals surface area contributed by atoms with Crippen molar-refractivity contribution in [3.8, 4) is 0 Å². The Morgan fingerprint density at radius 1 is 1.45 bits per heavy atom. The highest BCUT2D eigenvalue weighted by Gasteiger charge is 2.25. The lowest BCUT2D eigenvalue weighted by Gasteiger charge is -2.21. The van der Waals surface area contributed by atoms with Gasteiger partial charge in [-0.05, 0) is 39.2 Å². The van der Waals surface area contributed by atoms with Gasteiger partial charge in [0.15, 0.2) is 11.6 Å². The summed E-state index contributed by atoms with van der Waals surface area (Å²) in [5, 5.41) is 7.69. The molecular weight excluding hydrogens is 280 g/mol. The third-order valence-electron chi connectivity index (χ3n) is 4.08. The van der Waals surface area contributed by atoms with Crippen LogP contribution < -0.4 is 5.32 Å². The number of oxazole rings is 1. The van der Waals surface area contributed by atoms with E-state index in [0.29, 0.717) is 23.4 Å². The van der Waals surface area contributed by atoms with Crippen molar-refractivity contribution in [1.82, 2.24) is 20.1 Å². The van der Waals surface area contributed by atoms with E-state index in [4.69, 9.17) is 4.42 Å². The number of aryl methyl sites for hydroxylation is 3. The molecular formula is C16H22N4O2. The first-order chi connectivity index (χ1) is 10.4. The van der Waals surface area contributed by atoms with Crippen LogP contribution in [0.2, 0.25) is 0 Å². The van der Waals surface area contributed by atoms with Crippen molar-refractivity contribution in [2.45, 2.75) is 59.0 Å². The Hall–Kier alpha value is -2.11. The number of carbonyl (C=O) groups is 1. The van der Waals surface area contributed by atoms with Gasteiger partial charge in [0.25, 0.3) is 5.91 Å². The highest BCUT2D eigenvalue weighted by Crippen LogP contribution is 2.22. The Bertz CT molecular complexity index is 699. The zero-order valence-corrected chi connectivity index (χ0v) is 13.5. The summed E-state index contributed by atoms with van der Waals surface area (Å²) in [6.07, 6.45) is 4.78. The molecule has 22 heavy (non-hydrogen) atoms. The first-order valence-electron chi connectivity index (χ1n) is 7.76. The Labute approximate surface area is 129 Å². The van der Waals surface area contributed by atoms with Crippen molar-refractivity contribution >= 4 is 5.91 Å². The van der Waals surface area contributed by atoms with E-state index in [0.717, 1.165) is 25.0 Å². The fourth-order valence-corrected chi connectivity index (χ4v) is 2.89. The van der Waals surface area contributed by atoms with Crippen LogP contribution in [0.3, 0.4) is 0 Å². The van der Waals surface area contributed by atoms with Gasteiger partial charge in [-0.1, -0.05) is 0 Å². The van der Waals surface area contributed by atoms with Gasteiger partial charge in [-0.25, -0.2) is 4.98 Å². The SMILES string of the molecule is Cc1nc(C(=O)NC2CCc3cn(C(C)C)nc3C2)c(C)o1. The van der Waals surface area contributed by atoms with Crippen LogP contribution >= 0.6 is 0 Å². The predicted molar refractivity (Wildman–Crippen MR) is 81.9 cm³/mol. The molecule has 1 aliphatic carbocycles. The predicted octanol–water partition coefficient (Wildman–Crippen LogP) is 2.36. The summed E-state index contributed by atoms with van der Waals surface area (Å²) in [7, 11) is 0. The third kappa shape index (κ3) is 2.77. The molecule has 0 fully saturated rings.